The van der Waals surface area contributed by atoms with Crippen LogP contribution >= 0.6 is 0 Å². The maximum absolute atomic E-state index is 14.1. The number of halogens is 1. The van der Waals surface area contributed by atoms with Gasteiger partial charge in [-0.3, -0.25) is 4.79 Å². The number of piperidine rings is 1. The molecular weight excluding hydrogens is 464 g/mol. The molecule has 3 aliphatic heterocycles. The number of carbonyl (C=O) groups excluding carboxylic acids is 2. The maximum Gasteiger partial charge on any atom is 0.360 e. The van der Waals surface area contributed by atoms with Gasteiger partial charge in [0.25, 0.3) is 5.60 Å². The Kier molecular flexibility index (Phi) is 7.55. The highest BCUT2D eigenvalue weighted by molar-refractivity contribution is 5.90. The molecule has 0 aliphatic carbocycles. The molecule has 2 aromatic carbocycles. The first-order valence-electron chi connectivity index (χ1n) is 12.6. The molecule has 188 valence electrons. The molecule has 5 rings (SSSR count). The van der Waals surface area contributed by atoms with Crippen LogP contribution in [-0.2, 0) is 24.7 Å². The zero-order valence-corrected chi connectivity index (χ0v) is 21.0. The van der Waals surface area contributed by atoms with Crippen LogP contribution in [0.5, 0.6) is 0 Å². The minimum absolute atomic E-state index is 0. The first kappa shape index (κ1) is 25.7. The van der Waals surface area contributed by atoms with Crippen molar-refractivity contribution < 1.29 is 36.0 Å². The zero-order chi connectivity index (χ0) is 23.8. The van der Waals surface area contributed by atoms with E-state index in [0.717, 1.165) is 12.8 Å². The number of esters is 2. The van der Waals surface area contributed by atoms with Gasteiger partial charge in [-0.25, -0.2) is 4.79 Å². The van der Waals surface area contributed by atoms with Crippen molar-refractivity contribution in [3.05, 3.63) is 71.8 Å². The van der Waals surface area contributed by atoms with Crippen LogP contribution in [0.3, 0.4) is 0 Å². The van der Waals surface area contributed by atoms with E-state index in [1.165, 1.54) is 43.3 Å². The van der Waals surface area contributed by atoms with E-state index in [9.17, 15) is 9.59 Å². The van der Waals surface area contributed by atoms with E-state index in [1.54, 1.807) is 31.2 Å². The Hall–Kier alpha value is -2.41. The van der Waals surface area contributed by atoms with Crippen molar-refractivity contribution in [3.63, 3.8) is 0 Å². The number of hydrogen-bond donors (Lipinski definition) is 1. The number of benzene rings is 2. The Morgan fingerprint density at radius 1 is 0.914 bits per heavy atom. The average molecular weight is 499 g/mol. The van der Waals surface area contributed by atoms with Gasteiger partial charge >= 0.3 is 11.9 Å². The van der Waals surface area contributed by atoms with Gasteiger partial charge in [0.2, 0.25) is 0 Å². The van der Waals surface area contributed by atoms with E-state index in [0.29, 0.717) is 23.2 Å². The predicted octanol–water partition coefficient (Wildman–Crippen LogP) is 0.672. The fraction of sp³-hybridized carbons (Fsp3) is 0.500. The summed E-state index contributed by atoms with van der Waals surface area (Å²) in [6.07, 6.45) is 6.61. The fourth-order valence-corrected chi connectivity index (χ4v) is 6.69. The number of nitrogens with zero attached hydrogens (tertiary/aromatic N) is 1. The SMILES string of the molecule is C[C@H](N)C(=O)OC(C(=O)OC1CC2CCC(C1)[N+]21CCCC1)(c1ccccc1)c1ccccc1.[Cl-]. The summed E-state index contributed by atoms with van der Waals surface area (Å²) in [5.74, 6) is -1.19. The van der Waals surface area contributed by atoms with Crippen LogP contribution in [0.15, 0.2) is 60.7 Å². The van der Waals surface area contributed by atoms with Crippen LogP contribution in [0.1, 0.15) is 56.6 Å². The lowest BCUT2D eigenvalue weighted by molar-refractivity contribution is -0.956. The number of hydrogen-bond acceptors (Lipinski definition) is 5. The monoisotopic (exact) mass is 498 g/mol. The molecule has 2 bridgehead atoms. The third-order valence-corrected chi connectivity index (χ3v) is 8.30. The topological polar surface area (TPSA) is 78.6 Å². The molecule has 2 aromatic rings. The van der Waals surface area contributed by atoms with Gasteiger partial charge in [-0.05, 0) is 6.92 Å². The summed E-state index contributed by atoms with van der Waals surface area (Å²) >= 11 is 0. The highest BCUT2D eigenvalue weighted by Gasteiger charge is 2.57. The predicted molar refractivity (Wildman–Crippen MR) is 129 cm³/mol. The lowest BCUT2D eigenvalue weighted by atomic mass is 9.85. The van der Waals surface area contributed by atoms with Gasteiger partial charge in [0.15, 0.2) is 0 Å². The highest BCUT2D eigenvalue weighted by atomic mass is 35.5. The molecule has 7 heteroatoms. The summed E-state index contributed by atoms with van der Waals surface area (Å²) in [5, 5.41) is 0. The van der Waals surface area contributed by atoms with Crippen LogP contribution in [-0.4, -0.2) is 53.7 Å². The Morgan fingerprint density at radius 3 is 1.86 bits per heavy atom. The van der Waals surface area contributed by atoms with Gasteiger partial charge in [-0.15, -0.1) is 0 Å². The molecule has 35 heavy (non-hydrogen) atoms. The van der Waals surface area contributed by atoms with Crippen molar-refractivity contribution in [1.82, 2.24) is 0 Å². The lowest BCUT2D eigenvalue weighted by Gasteiger charge is -2.47. The van der Waals surface area contributed by atoms with E-state index in [-0.39, 0.29) is 18.5 Å². The molecular formula is C28H35ClN2O4. The maximum atomic E-state index is 14.1. The van der Waals surface area contributed by atoms with Gasteiger partial charge in [-0.1, -0.05) is 60.7 Å². The molecule has 2 N–H and O–H groups in total. The smallest absolute Gasteiger partial charge is 0.360 e. The molecule has 0 saturated carbocycles. The van der Waals surface area contributed by atoms with Crippen LogP contribution < -0.4 is 18.1 Å². The largest absolute Gasteiger partial charge is 1.00 e. The summed E-state index contributed by atoms with van der Waals surface area (Å²) in [5.41, 5.74) is 5.28. The standard InChI is InChI=1S/C28H35N2O4.ClH/c1-20(29)26(31)34-28(21-10-4-2-5-11-21,22-12-6-3-7-13-22)27(32)33-25-18-23-14-15-24(19-25)30(23)16-8-9-17-30;/h2-7,10-13,20,23-25H,8-9,14-19,29H2,1H3;1H/q+1;/p-1/t20-,23?,24?,25?;/m0./s1. The van der Waals surface area contributed by atoms with Crippen molar-refractivity contribution >= 4 is 11.9 Å². The molecule has 3 saturated heterocycles. The minimum Gasteiger partial charge on any atom is -1.00 e. The molecule has 3 aliphatic rings. The van der Waals surface area contributed by atoms with Crippen LogP contribution in [0.2, 0.25) is 0 Å². The Bertz CT molecular complexity index is 968. The first-order chi connectivity index (χ1) is 16.5. The van der Waals surface area contributed by atoms with Crippen LogP contribution in [0.25, 0.3) is 0 Å². The zero-order valence-electron chi connectivity index (χ0n) is 20.3. The lowest BCUT2D eigenvalue weighted by Crippen LogP contribution is -3.00. The Morgan fingerprint density at radius 2 is 1.40 bits per heavy atom. The van der Waals surface area contributed by atoms with Crippen LogP contribution in [0, 0.1) is 0 Å². The van der Waals surface area contributed by atoms with Gasteiger partial charge in [0.05, 0.1) is 25.2 Å². The fourth-order valence-electron chi connectivity index (χ4n) is 6.69. The Balaban J connectivity index is 0.00000289. The highest BCUT2D eigenvalue weighted by Crippen LogP contribution is 2.47. The molecule has 0 radical (unpaired) electrons. The summed E-state index contributed by atoms with van der Waals surface area (Å²) < 4.78 is 13.5. The molecule has 2 unspecified atom stereocenters. The van der Waals surface area contributed by atoms with E-state index in [4.69, 9.17) is 15.2 Å². The molecule has 1 spiro atoms. The number of ether oxygens (including phenoxy) is 2. The third kappa shape index (κ3) is 4.48. The third-order valence-electron chi connectivity index (χ3n) is 8.30. The van der Waals surface area contributed by atoms with E-state index < -0.39 is 23.6 Å². The molecule has 0 aromatic heterocycles. The summed E-state index contributed by atoms with van der Waals surface area (Å²) in [6, 6.07) is 18.6. The van der Waals surface area contributed by atoms with Crippen molar-refractivity contribution in [2.24, 2.45) is 5.73 Å². The molecule has 0 amide bonds. The average Bonchev–Trinajstić information content (AvgIpc) is 3.40. The molecule has 6 nitrogen and oxygen atoms in total. The quantitative estimate of drug-likeness (QED) is 0.468. The van der Waals surface area contributed by atoms with E-state index in [1.807, 2.05) is 36.4 Å². The van der Waals surface area contributed by atoms with Crippen molar-refractivity contribution in [3.8, 4) is 0 Å². The second-order valence-electron chi connectivity index (χ2n) is 10.3. The van der Waals surface area contributed by atoms with Gasteiger partial charge in [-0.2, -0.15) is 0 Å². The van der Waals surface area contributed by atoms with E-state index in [2.05, 4.69) is 0 Å². The van der Waals surface area contributed by atoms with Crippen molar-refractivity contribution in [2.75, 3.05) is 13.1 Å². The van der Waals surface area contributed by atoms with Crippen molar-refractivity contribution in [1.29, 1.82) is 0 Å². The van der Waals surface area contributed by atoms with Gasteiger partial charge in [0.1, 0.15) is 12.1 Å². The number of rotatable bonds is 6. The van der Waals surface area contributed by atoms with E-state index >= 15 is 0 Å². The van der Waals surface area contributed by atoms with Crippen molar-refractivity contribution in [2.45, 2.75) is 75.3 Å². The summed E-state index contributed by atoms with van der Waals surface area (Å²) in [6.45, 7) is 4.09. The Labute approximate surface area is 213 Å². The summed E-state index contributed by atoms with van der Waals surface area (Å²) in [4.78, 5) is 26.9. The molecule has 3 atom stereocenters. The van der Waals surface area contributed by atoms with Gasteiger partial charge in [0, 0.05) is 49.7 Å². The van der Waals surface area contributed by atoms with Crippen LogP contribution in [0.4, 0.5) is 0 Å². The molecule has 3 heterocycles. The van der Waals surface area contributed by atoms with Gasteiger partial charge < -0.3 is 32.1 Å². The minimum atomic E-state index is -1.70. The first-order valence-corrected chi connectivity index (χ1v) is 12.6. The molecule has 3 fully saturated rings. The summed E-state index contributed by atoms with van der Waals surface area (Å²) in [7, 11) is 0. The second-order valence-corrected chi connectivity index (χ2v) is 10.3. The second kappa shape index (κ2) is 10.3. The number of nitrogens with two attached hydrogens (primary N) is 1. The normalized spacial score (nSPS) is 25.5. The number of carbonyl (C=O) groups is 2. The number of quaternary nitrogens is 1.